The fourth-order valence-corrected chi connectivity index (χ4v) is 2.80. The average molecular weight is 310 g/mol. The van der Waals surface area contributed by atoms with Crippen molar-refractivity contribution in [2.45, 2.75) is 12.5 Å². The minimum absolute atomic E-state index is 0.127. The topological polar surface area (TPSA) is 21.3 Å². The van der Waals surface area contributed by atoms with Gasteiger partial charge in [-0.25, -0.2) is 0 Å². The van der Waals surface area contributed by atoms with Gasteiger partial charge in [0.2, 0.25) is 0 Å². The van der Waals surface area contributed by atoms with E-state index in [0.717, 1.165) is 23.3 Å². The second-order valence-corrected chi connectivity index (χ2v) is 5.43. The van der Waals surface area contributed by atoms with Gasteiger partial charge in [0.25, 0.3) is 0 Å². The van der Waals surface area contributed by atoms with Gasteiger partial charge in [-0.1, -0.05) is 41.4 Å². The van der Waals surface area contributed by atoms with Crippen molar-refractivity contribution < 1.29 is 4.74 Å². The number of hydrogen-bond donors (Lipinski definition) is 1. The van der Waals surface area contributed by atoms with Crippen LogP contribution in [0.1, 0.15) is 17.2 Å². The van der Waals surface area contributed by atoms with Crippen LogP contribution in [0.4, 0.5) is 0 Å². The number of hydrogen-bond acceptors (Lipinski definition) is 2. The van der Waals surface area contributed by atoms with Crippen LogP contribution in [0.3, 0.4) is 0 Å². The largest absolute Gasteiger partial charge is 0.496 e. The zero-order valence-corrected chi connectivity index (χ0v) is 13.0. The summed E-state index contributed by atoms with van der Waals surface area (Å²) in [4.78, 5) is 0. The van der Waals surface area contributed by atoms with Crippen molar-refractivity contribution >= 4 is 23.2 Å². The Hall–Kier alpha value is -1.22. The number of ether oxygens (including phenoxy) is 1. The van der Waals surface area contributed by atoms with Crippen LogP contribution in [0.5, 0.6) is 5.75 Å². The van der Waals surface area contributed by atoms with Crippen molar-refractivity contribution in [2.75, 3.05) is 14.2 Å². The number of methoxy groups -OCH3 is 1. The summed E-state index contributed by atoms with van der Waals surface area (Å²) < 4.78 is 5.39. The third kappa shape index (κ3) is 3.66. The van der Waals surface area contributed by atoms with Crippen molar-refractivity contribution in [1.29, 1.82) is 0 Å². The van der Waals surface area contributed by atoms with E-state index in [1.54, 1.807) is 13.2 Å². The molecule has 1 atom stereocenters. The van der Waals surface area contributed by atoms with Crippen molar-refractivity contribution in [3.05, 3.63) is 63.6 Å². The van der Waals surface area contributed by atoms with E-state index < -0.39 is 0 Å². The smallest absolute Gasteiger partial charge is 0.122 e. The standard InChI is InChI=1S/C16H17Cl2NO/c1-19-15(12-7-13(17)10-14(18)8-12)9-11-5-3-4-6-16(11)20-2/h3-8,10,15,19H,9H2,1-2H3. The molecule has 0 amide bonds. The summed E-state index contributed by atoms with van der Waals surface area (Å²) in [6.07, 6.45) is 0.803. The Labute approximate surface area is 129 Å². The zero-order chi connectivity index (χ0) is 14.5. The van der Waals surface area contributed by atoms with E-state index in [2.05, 4.69) is 11.4 Å². The third-order valence-corrected chi connectivity index (χ3v) is 3.69. The molecule has 0 spiro atoms. The molecule has 0 aromatic heterocycles. The summed E-state index contributed by atoms with van der Waals surface area (Å²) in [5, 5.41) is 4.59. The monoisotopic (exact) mass is 309 g/mol. The molecule has 0 saturated heterocycles. The molecule has 0 saturated carbocycles. The van der Waals surface area contributed by atoms with Gasteiger partial charge in [0.1, 0.15) is 5.75 Å². The molecule has 0 aliphatic heterocycles. The lowest BCUT2D eigenvalue weighted by molar-refractivity contribution is 0.406. The highest BCUT2D eigenvalue weighted by molar-refractivity contribution is 6.34. The molecular weight excluding hydrogens is 293 g/mol. The molecule has 0 heterocycles. The molecule has 0 aliphatic carbocycles. The second-order valence-electron chi connectivity index (χ2n) is 4.56. The van der Waals surface area contributed by atoms with E-state index in [4.69, 9.17) is 27.9 Å². The van der Waals surface area contributed by atoms with Crippen molar-refractivity contribution in [3.8, 4) is 5.75 Å². The molecule has 106 valence electrons. The fraction of sp³-hybridized carbons (Fsp3) is 0.250. The van der Waals surface area contributed by atoms with Crippen LogP contribution >= 0.6 is 23.2 Å². The molecule has 4 heteroatoms. The number of halogens is 2. The first-order valence-electron chi connectivity index (χ1n) is 6.39. The number of nitrogens with one attached hydrogen (secondary N) is 1. The first-order chi connectivity index (χ1) is 9.63. The predicted molar refractivity (Wildman–Crippen MR) is 85.0 cm³/mol. The normalized spacial score (nSPS) is 12.2. The molecule has 2 aromatic carbocycles. The van der Waals surface area contributed by atoms with Crippen LogP contribution in [-0.2, 0) is 6.42 Å². The van der Waals surface area contributed by atoms with E-state index in [-0.39, 0.29) is 6.04 Å². The molecule has 1 N–H and O–H groups in total. The van der Waals surface area contributed by atoms with Gasteiger partial charge in [0, 0.05) is 16.1 Å². The number of likely N-dealkylation sites (N-methyl/N-ethyl adjacent to an activating group) is 1. The third-order valence-electron chi connectivity index (χ3n) is 3.25. The van der Waals surface area contributed by atoms with Gasteiger partial charge < -0.3 is 10.1 Å². The van der Waals surface area contributed by atoms with Gasteiger partial charge in [-0.2, -0.15) is 0 Å². The maximum absolute atomic E-state index is 6.08. The number of benzene rings is 2. The maximum atomic E-state index is 6.08. The molecule has 2 rings (SSSR count). The molecule has 2 nitrogen and oxygen atoms in total. The predicted octanol–water partition coefficient (Wildman–Crippen LogP) is 4.51. The van der Waals surface area contributed by atoms with E-state index in [9.17, 15) is 0 Å². The maximum Gasteiger partial charge on any atom is 0.122 e. The first-order valence-corrected chi connectivity index (χ1v) is 7.14. The summed E-state index contributed by atoms with van der Waals surface area (Å²) >= 11 is 12.2. The lowest BCUT2D eigenvalue weighted by Gasteiger charge is -2.19. The highest BCUT2D eigenvalue weighted by atomic mass is 35.5. The van der Waals surface area contributed by atoms with Gasteiger partial charge in [-0.05, 0) is 48.9 Å². The zero-order valence-electron chi connectivity index (χ0n) is 11.5. The molecular formula is C16H17Cl2NO. The van der Waals surface area contributed by atoms with Crippen LogP contribution < -0.4 is 10.1 Å². The molecule has 1 unspecified atom stereocenters. The average Bonchev–Trinajstić information content (AvgIpc) is 2.44. The minimum atomic E-state index is 0.127. The summed E-state index contributed by atoms with van der Waals surface area (Å²) in [5.74, 6) is 0.890. The highest BCUT2D eigenvalue weighted by Crippen LogP contribution is 2.28. The van der Waals surface area contributed by atoms with Crippen LogP contribution in [-0.4, -0.2) is 14.2 Å². The van der Waals surface area contributed by atoms with Gasteiger partial charge in [0.05, 0.1) is 7.11 Å². The van der Waals surface area contributed by atoms with Crippen molar-refractivity contribution in [2.24, 2.45) is 0 Å². The quantitative estimate of drug-likeness (QED) is 0.877. The molecule has 20 heavy (non-hydrogen) atoms. The van der Waals surface area contributed by atoms with Gasteiger partial charge >= 0.3 is 0 Å². The second kappa shape index (κ2) is 6.98. The number of rotatable bonds is 5. The first kappa shape index (κ1) is 15.2. The Morgan fingerprint density at radius 1 is 1.10 bits per heavy atom. The molecule has 0 fully saturated rings. The molecule has 0 aliphatic rings. The fourth-order valence-electron chi connectivity index (χ4n) is 2.25. The minimum Gasteiger partial charge on any atom is -0.496 e. The Morgan fingerprint density at radius 2 is 1.75 bits per heavy atom. The van der Waals surface area contributed by atoms with E-state index in [1.165, 1.54) is 0 Å². The van der Waals surface area contributed by atoms with Gasteiger partial charge in [-0.3, -0.25) is 0 Å². The van der Waals surface area contributed by atoms with Crippen LogP contribution in [0.25, 0.3) is 0 Å². The van der Waals surface area contributed by atoms with Crippen molar-refractivity contribution in [1.82, 2.24) is 5.32 Å². The van der Waals surface area contributed by atoms with Gasteiger partial charge in [0.15, 0.2) is 0 Å². The Morgan fingerprint density at radius 3 is 2.35 bits per heavy atom. The highest BCUT2D eigenvalue weighted by Gasteiger charge is 2.14. The summed E-state index contributed by atoms with van der Waals surface area (Å²) in [6.45, 7) is 0. The summed E-state index contributed by atoms with van der Waals surface area (Å²) in [5.41, 5.74) is 2.21. The van der Waals surface area contributed by atoms with Crippen LogP contribution in [0.2, 0.25) is 10.0 Å². The van der Waals surface area contributed by atoms with Crippen molar-refractivity contribution in [3.63, 3.8) is 0 Å². The Balaban J connectivity index is 2.28. The molecule has 2 aromatic rings. The summed E-state index contributed by atoms with van der Waals surface area (Å²) in [6, 6.07) is 13.7. The van der Waals surface area contributed by atoms with Gasteiger partial charge in [-0.15, -0.1) is 0 Å². The van der Waals surface area contributed by atoms with E-state index in [1.807, 2.05) is 37.4 Å². The van der Waals surface area contributed by atoms with E-state index >= 15 is 0 Å². The summed E-state index contributed by atoms with van der Waals surface area (Å²) in [7, 11) is 3.61. The lowest BCUT2D eigenvalue weighted by Crippen LogP contribution is -2.19. The lowest BCUT2D eigenvalue weighted by atomic mass is 9.98. The van der Waals surface area contributed by atoms with E-state index in [0.29, 0.717) is 10.0 Å². The number of para-hydroxylation sites is 1. The Kier molecular flexibility index (Phi) is 5.30. The van der Waals surface area contributed by atoms with Crippen LogP contribution in [0, 0.1) is 0 Å². The molecule has 0 bridgehead atoms. The Bertz CT molecular complexity index is 566. The SMILES string of the molecule is CNC(Cc1ccccc1OC)c1cc(Cl)cc(Cl)c1. The molecule has 0 radical (unpaired) electrons. The van der Waals surface area contributed by atoms with Crippen LogP contribution in [0.15, 0.2) is 42.5 Å².